The van der Waals surface area contributed by atoms with Gasteiger partial charge in [0.2, 0.25) is 0 Å². The second-order valence-corrected chi connectivity index (χ2v) is 8.26. The molecule has 2 aromatic carbocycles. The van der Waals surface area contributed by atoms with E-state index in [1.165, 1.54) is 18.9 Å². The number of esters is 1. The number of fused-ring (bicyclic) bond motifs is 1. The first-order valence-corrected chi connectivity index (χ1v) is 10.7. The summed E-state index contributed by atoms with van der Waals surface area (Å²) < 4.78 is 17.8. The molecule has 0 N–H and O–H groups in total. The molecule has 0 fully saturated rings. The Morgan fingerprint density at radius 2 is 1.88 bits per heavy atom. The highest BCUT2D eigenvalue weighted by Crippen LogP contribution is 2.29. The molecule has 32 heavy (non-hydrogen) atoms. The first-order chi connectivity index (χ1) is 15.2. The van der Waals surface area contributed by atoms with Crippen LogP contribution in [-0.4, -0.2) is 42.2 Å². The molecule has 0 unspecified atom stereocenters. The number of methoxy groups -OCH3 is 2. The van der Waals surface area contributed by atoms with E-state index in [0.717, 1.165) is 4.47 Å². The van der Waals surface area contributed by atoms with Gasteiger partial charge in [0.1, 0.15) is 5.82 Å². The van der Waals surface area contributed by atoms with E-state index in [1.807, 2.05) is 19.9 Å². The lowest BCUT2D eigenvalue weighted by Gasteiger charge is -2.15. The van der Waals surface area contributed by atoms with Crippen LogP contribution < -0.4 is 15.0 Å². The van der Waals surface area contributed by atoms with E-state index >= 15 is 0 Å². The molecule has 8 nitrogen and oxygen atoms in total. The fourth-order valence-corrected chi connectivity index (χ4v) is 3.40. The van der Waals surface area contributed by atoms with Gasteiger partial charge in [0.25, 0.3) is 5.56 Å². The molecule has 0 radical (unpaired) electrons. The van der Waals surface area contributed by atoms with E-state index in [2.05, 4.69) is 30.8 Å². The molecule has 0 aliphatic rings. The fourth-order valence-electron chi connectivity index (χ4n) is 3.04. The summed E-state index contributed by atoms with van der Waals surface area (Å²) in [7, 11) is 2.80. The van der Waals surface area contributed by atoms with Crippen LogP contribution in [0.4, 0.5) is 0 Å². The number of ether oxygens (including phenoxy) is 3. The number of halogens is 1. The van der Waals surface area contributed by atoms with Crippen LogP contribution in [0.5, 0.6) is 11.5 Å². The zero-order valence-electron chi connectivity index (χ0n) is 18.5. The molecule has 9 heteroatoms. The second-order valence-electron chi connectivity index (χ2n) is 7.34. The molecule has 0 saturated carbocycles. The Morgan fingerprint density at radius 1 is 1.12 bits per heavy atom. The predicted octanol–water partition coefficient (Wildman–Crippen LogP) is 4.11. The maximum absolute atomic E-state index is 13.1. The Hall–Kier alpha value is -3.20. The first kappa shape index (κ1) is 23.5. The minimum atomic E-state index is -0.788. The van der Waals surface area contributed by atoms with Crippen molar-refractivity contribution < 1.29 is 19.0 Å². The van der Waals surface area contributed by atoms with E-state index in [9.17, 15) is 9.59 Å². The van der Waals surface area contributed by atoms with Crippen LogP contribution in [0.1, 0.15) is 38.1 Å². The van der Waals surface area contributed by atoms with Crippen molar-refractivity contribution in [3.05, 3.63) is 62.6 Å². The lowest BCUT2D eigenvalue weighted by molar-refractivity contribution is -0.147. The number of carbonyl (C=O) groups is 1. The van der Waals surface area contributed by atoms with Crippen molar-refractivity contribution in [3.8, 4) is 11.5 Å². The van der Waals surface area contributed by atoms with Crippen LogP contribution in [0.3, 0.4) is 0 Å². The third-order valence-corrected chi connectivity index (χ3v) is 5.19. The predicted molar refractivity (Wildman–Crippen MR) is 126 cm³/mol. The van der Waals surface area contributed by atoms with Gasteiger partial charge in [-0.05, 0) is 48.9 Å². The van der Waals surface area contributed by atoms with Gasteiger partial charge < -0.3 is 14.2 Å². The molecular weight excluding hydrogens is 478 g/mol. The molecule has 0 bridgehead atoms. The van der Waals surface area contributed by atoms with Crippen LogP contribution in [0.2, 0.25) is 0 Å². The van der Waals surface area contributed by atoms with Crippen molar-refractivity contribution in [2.24, 2.45) is 5.10 Å². The van der Waals surface area contributed by atoms with Crippen LogP contribution >= 0.6 is 15.9 Å². The normalized spacial score (nSPS) is 12.3. The van der Waals surface area contributed by atoms with Crippen molar-refractivity contribution in [2.75, 3.05) is 14.2 Å². The van der Waals surface area contributed by atoms with Gasteiger partial charge in [0, 0.05) is 10.4 Å². The van der Waals surface area contributed by atoms with Gasteiger partial charge in [-0.25, -0.2) is 9.78 Å². The molecule has 1 aromatic heterocycles. The van der Waals surface area contributed by atoms with Gasteiger partial charge >= 0.3 is 5.97 Å². The summed E-state index contributed by atoms with van der Waals surface area (Å²) in [6.07, 6.45) is 0.762. The number of hydrogen-bond donors (Lipinski definition) is 0. The largest absolute Gasteiger partial charge is 0.493 e. The molecular formula is C23H24BrN3O5. The first-order valence-electron chi connectivity index (χ1n) is 9.94. The average Bonchev–Trinajstić information content (AvgIpc) is 2.78. The smallest absolute Gasteiger partial charge is 0.346 e. The van der Waals surface area contributed by atoms with Gasteiger partial charge in [0.15, 0.2) is 17.6 Å². The molecule has 0 aliphatic carbocycles. The van der Waals surface area contributed by atoms with E-state index in [1.54, 1.807) is 43.5 Å². The zero-order valence-corrected chi connectivity index (χ0v) is 20.0. The molecule has 0 saturated heterocycles. The summed E-state index contributed by atoms with van der Waals surface area (Å²) in [6, 6.07) is 10.5. The summed E-state index contributed by atoms with van der Waals surface area (Å²) in [5, 5.41) is 4.89. The van der Waals surface area contributed by atoms with E-state index < -0.39 is 12.1 Å². The quantitative estimate of drug-likeness (QED) is 0.357. The molecule has 3 aromatic rings. The highest BCUT2D eigenvalue weighted by atomic mass is 79.9. The maximum atomic E-state index is 13.1. The summed E-state index contributed by atoms with van der Waals surface area (Å²) in [6.45, 7) is 5.50. The molecule has 0 spiro atoms. The Labute approximate surface area is 194 Å². The molecule has 1 atom stereocenters. The SMILES string of the molecule is COC(=O)[C@@H](C)Oc1ccc(C=Nn2c(C(C)C)nc3ccc(Br)cc3c2=O)cc1OC. The minimum absolute atomic E-state index is 0.0157. The number of hydrogen-bond acceptors (Lipinski definition) is 7. The standard InChI is InChI=1S/C23H24BrN3O5/c1-13(2)21-26-18-8-7-16(24)11-17(18)22(28)27(21)25-12-15-6-9-19(20(10-15)30-4)32-14(3)23(29)31-5/h6-14H,1-5H3/t14-/m1/s1. The molecule has 0 aliphatic heterocycles. The van der Waals surface area contributed by atoms with Gasteiger partial charge in [-0.3, -0.25) is 4.79 Å². The molecule has 3 rings (SSSR count). The highest BCUT2D eigenvalue weighted by Gasteiger charge is 2.17. The Bertz CT molecular complexity index is 1240. The monoisotopic (exact) mass is 501 g/mol. The summed E-state index contributed by atoms with van der Waals surface area (Å²) >= 11 is 3.40. The van der Waals surface area contributed by atoms with E-state index in [-0.39, 0.29) is 11.5 Å². The van der Waals surface area contributed by atoms with Gasteiger partial charge in [0.05, 0.1) is 31.3 Å². The fraction of sp³-hybridized carbons (Fsp3) is 0.304. The van der Waals surface area contributed by atoms with Crippen LogP contribution in [0.15, 0.2) is 50.8 Å². The van der Waals surface area contributed by atoms with Crippen molar-refractivity contribution in [3.63, 3.8) is 0 Å². The zero-order chi connectivity index (χ0) is 23.4. The molecule has 168 valence electrons. The molecule has 0 amide bonds. The Balaban J connectivity index is 2.00. The Kier molecular flexibility index (Phi) is 7.29. The Morgan fingerprint density at radius 3 is 2.53 bits per heavy atom. The summed E-state index contributed by atoms with van der Waals surface area (Å²) in [5.41, 5.74) is 1.04. The third-order valence-electron chi connectivity index (χ3n) is 4.70. The van der Waals surface area contributed by atoms with Crippen molar-refractivity contribution in [1.82, 2.24) is 9.66 Å². The minimum Gasteiger partial charge on any atom is -0.493 e. The number of carbonyl (C=O) groups excluding carboxylic acids is 1. The second kappa shape index (κ2) is 9.95. The summed E-state index contributed by atoms with van der Waals surface area (Å²) in [5.74, 6) is 0.855. The lowest BCUT2D eigenvalue weighted by Crippen LogP contribution is -2.25. The number of benzene rings is 2. The third kappa shape index (κ3) is 4.99. The lowest BCUT2D eigenvalue weighted by atomic mass is 10.2. The summed E-state index contributed by atoms with van der Waals surface area (Å²) in [4.78, 5) is 29.4. The number of rotatable bonds is 7. The van der Waals surface area contributed by atoms with Crippen LogP contribution in [0, 0.1) is 0 Å². The van der Waals surface area contributed by atoms with E-state index in [0.29, 0.717) is 33.8 Å². The van der Waals surface area contributed by atoms with Gasteiger partial charge in [-0.1, -0.05) is 29.8 Å². The topological polar surface area (TPSA) is 92.0 Å². The van der Waals surface area contributed by atoms with Gasteiger partial charge in [-0.15, -0.1) is 0 Å². The van der Waals surface area contributed by atoms with Crippen molar-refractivity contribution >= 4 is 39.0 Å². The maximum Gasteiger partial charge on any atom is 0.346 e. The highest BCUT2D eigenvalue weighted by molar-refractivity contribution is 9.10. The average molecular weight is 502 g/mol. The number of aromatic nitrogens is 2. The molecule has 1 heterocycles. The van der Waals surface area contributed by atoms with Crippen molar-refractivity contribution in [1.29, 1.82) is 0 Å². The number of nitrogens with zero attached hydrogens (tertiary/aromatic N) is 3. The van der Waals surface area contributed by atoms with Crippen LogP contribution in [-0.2, 0) is 9.53 Å². The van der Waals surface area contributed by atoms with Gasteiger partial charge in [-0.2, -0.15) is 9.78 Å². The van der Waals surface area contributed by atoms with Crippen molar-refractivity contribution in [2.45, 2.75) is 32.8 Å². The van der Waals surface area contributed by atoms with Crippen LogP contribution in [0.25, 0.3) is 10.9 Å². The van der Waals surface area contributed by atoms with E-state index in [4.69, 9.17) is 9.47 Å².